The van der Waals surface area contributed by atoms with Gasteiger partial charge in [0.05, 0.1) is 6.04 Å². The quantitative estimate of drug-likeness (QED) is 0.927. The molecule has 20 heavy (non-hydrogen) atoms. The van der Waals surface area contributed by atoms with Crippen LogP contribution in [0, 0.1) is 5.92 Å². The Morgan fingerprint density at radius 1 is 1.40 bits per heavy atom. The van der Waals surface area contributed by atoms with Crippen LogP contribution >= 0.6 is 23.1 Å². The second-order valence-electron chi connectivity index (χ2n) is 5.63. The van der Waals surface area contributed by atoms with Crippen LogP contribution in [0.15, 0.2) is 16.8 Å². The Labute approximate surface area is 129 Å². The van der Waals surface area contributed by atoms with E-state index in [1.54, 1.807) is 11.3 Å². The molecule has 2 aliphatic heterocycles. The lowest BCUT2D eigenvalue weighted by Crippen LogP contribution is -2.36. The van der Waals surface area contributed by atoms with Crippen LogP contribution in [0.2, 0.25) is 0 Å². The van der Waals surface area contributed by atoms with Gasteiger partial charge in [-0.05, 0) is 59.1 Å². The van der Waals surface area contributed by atoms with Crippen molar-refractivity contribution in [1.82, 2.24) is 10.2 Å². The van der Waals surface area contributed by atoms with E-state index in [0.29, 0.717) is 11.8 Å². The van der Waals surface area contributed by atoms with Crippen molar-refractivity contribution in [2.24, 2.45) is 5.92 Å². The summed E-state index contributed by atoms with van der Waals surface area (Å²) in [6.07, 6.45) is 3.47. The molecule has 2 saturated heterocycles. The molecule has 0 radical (unpaired) electrons. The fourth-order valence-electron chi connectivity index (χ4n) is 3.08. The second kappa shape index (κ2) is 6.50. The first-order valence-electron chi connectivity index (χ1n) is 7.46. The molecule has 2 aliphatic rings. The minimum absolute atomic E-state index is 0.00198. The molecule has 0 aromatic carbocycles. The number of hydrogen-bond donors (Lipinski definition) is 1. The van der Waals surface area contributed by atoms with E-state index in [1.165, 1.54) is 29.9 Å². The molecular weight excluding hydrogens is 288 g/mol. The molecule has 1 aromatic heterocycles. The summed E-state index contributed by atoms with van der Waals surface area (Å²) >= 11 is 3.75. The average molecular weight is 310 g/mol. The number of carbonyl (C=O) groups is 1. The highest BCUT2D eigenvalue weighted by molar-refractivity contribution is 7.99. The molecular formula is C15H22N2OS2. The van der Waals surface area contributed by atoms with Crippen LogP contribution in [0.4, 0.5) is 0 Å². The molecule has 2 unspecified atom stereocenters. The fraction of sp³-hybridized carbons (Fsp3) is 0.667. The van der Waals surface area contributed by atoms with Gasteiger partial charge in [0, 0.05) is 6.54 Å². The first-order valence-corrected chi connectivity index (χ1v) is 9.55. The number of nitrogens with zero attached hydrogens (tertiary/aromatic N) is 1. The number of carbonyl (C=O) groups excluding carboxylic acids is 1. The highest BCUT2D eigenvalue weighted by atomic mass is 32.2. The summed E-state index contributed by atoms with van der Waals surface area (Å²) < 4.78 is 0. The molecule has 110 valence electrons. The molecule has 1 aromatic rings. The van der Waals surface area contributed by atoms with Gasteiger partial charge in [0.2, 0.25) is 5.91 Å². The van der Waals surface area contributed by atoms with E-state index in [0.717, 1.165) is 13.0 Å². The summed E-state index contributed by atoms with van der Waals surface area (Å²) in [5.41, 5.74) is 1.24. The molecule has 0 aliphatic carbocycles. The Morgan fingerprint density at radius 3 is 2.85 bits per heavy atom. The van der Waals surface area contributed by atoms with Crippen LogP contribution in [0.25, 0.3) is 0 Å². The number of rotatable bonds is 4. The Kier molecular flexibility index (Phi) is 4.68. The van der Waals surface area contributed by atoms with Crippen molar-refractivity contribution in [2.75, 3.05) is 18.1 Å². The SMILES string of the molecule is CCC1NC(c2ccsc2)N(CC2CCSCC2)C1=O. The number of thioether (sulfide) groups is 1. The Bertz CT molecular complexity index is 443. The van der Waals surface area contributed by atoms with Gasteiger partial charge in [-0.15, -0.1) is 0 Å². The van der Waals surface area contributed by atoms with Gasteiger partial charge in [-0.2, -0.15) is 23.1 Å². The van der Waals surface area contributed by atoms with E-state index in [4.69, 9.17) is 0 Å². The van der Waals surface area contributed by atoms with Crippen LogP contribution < -0.4 is 5.32 Å². The third-order valence-corrected chi connectivity index (χ3v) is 6.07. The zero-order valence-corrected chi connectivity index (χ0v) is 13.5. The van der Waals surface area contributed by atoms with Gasteiger partial charge in [-0.25, -0.2) is 0 Å². The van der Waals surface area contributed by atoms with E-state index >= 15 is 0 Å². The largest absolute Gasteiger partial charge is 0.321 e. The van der Waals surface area contributed by atoms with E-state index < -0.39 is 0 Å². The average Bonchev–Trinajstić information content (AvgIpc) is 3.10. The van der Waals surface area contributed by atoms with Gasteiger partial charge in [0.1, 0.15) is 6.17 Å². The lowest BCUT2D eigenvalue weighted by Gasteiger charge is -2.30. The second-order valence-corrected chi connectivity index (χ2v) is 7.64. The van der Waals surface area contributed by atoms with Crippen molar-refractivity contribution in [2.45, 2.75) is 38.4 Å². The van der Waals surface area contributed by atoms with Crippen LogP contribution in [0.1, 0.15) is 37.9 Å². The van der Waals surface area contributed by atoms with E-state index in [2.05, 4.69) is 34.0 Å². The monoisotopic (exact) mass is 310 g/mol. The third kappa shape index (κ3) is 2.90. The van der Waals surface area contributed by atoms with Crippen molar-refractivity contribution in [3.63, 3.8) is 0 Å². The molecule has 2 atom stereocenters. The highest BCUT2D eigenvalue weighted by Gasteiger charge is 2.39. The lowest BCUT2D eigenvalue weighted by atomic mass is 10.0. The summed E-state index contributed by atoms with van der Waals surface area (Å²) in [6, 6.07) is 2.13. The maximum atomic E-state index is 12.6. The number of thiophene rings is 1. The molecule has 0 saturated carbocycles. The summed E-state index contributed by atoms with van der Waals surface area (Å²) in [4.78, 5) is 14.7. The molecule has 0 bridgehead atoms. The van der Waals surface area contributed by atoms with Gasteiger partial charge in [0.15, 0.2) is 0 Å². The lowest BCUT2D eigenvalue weighted by molar-refractivity contribution is -0.130. The highest BCUT2D eigenvalue weighted by Crippen LogP contribution is 2.31. The topological polar surface area (TPSA) is 32.3 Å². The van der Waals surface area contributed by atoms with Crippen LogP contribution in [0.3, 0.4) is 0 Å². The molecule has 3 nitrogen and oxygen atoms in total. The zero-order chi connectivity index (χ0) is 13.9. The molecule has 2 fully saturated rings. The number of nitrogens with one attached hydrogen (secondary N) is 1. The smallest absolute Gasteiger partial charge is 0.241 e. The van der Waals surface area contributed by atoms with Gasteiger partial charge < -0.3 is 4.90 Å². The summed E-state index contributed by atoms with van der Waals surface area (Å²) in [7, 11) is 0. The fourth-order valence-corrected chi connectivity index (χ4v) is 4.96. The Morgan fingerprint density at radius 2 is 2.20 bits per heavy atom. The number of amides is 1. The van der Waals surface area contributed by atoms with Gasteiger partial charge in [-0.1, -0.05) is 6.92 Å². The first kappa shape index (κ1) is 14.4. The van der Waals surface area contributed by atoms with Crippen LogP contribution in [-0.4, -0.2) is 34.9 Å². The van der Waals surface area contributed by atoms with E-state index in [9.17, 15) is 4.79 Å². The maximum Gasteiger partial charge on any atom is 0.241 e. The predicted molar refractivity (Wildman–Crippen MR) is 86.0 cm³/mol. The minimum Gasteiger partial charge on any atom is -0.321 e. The number of hydrogen-bond acceptors (Lipinski definition) is 4. The van der Waals surface area contributed by atoms with Crippen molar-refractivity contribution in [3.8, 4) is 0 Å². The predicted octanol–water partition coefficient (Wildman–Crippen LogP) is 3.10. The van der Waals surface area contributed by atoms with Gasteiger partial charge in [-0.3, -0.25) is 10.1 Å². The Balaban J connectivity index is 1.75. The molecule has 1 N–H and O–H groups in total. The molecule has 5 heteroatoms. The van der Waals surface area contributed by atoms with Crippen molar-refractivity contribution in [3.05, 3.63) is 22.4 Å². The molecule has 3 heterocycles. The molecule has 1 amide bonds. The third-order valence-electron chi connectivity index (χ3n) is 4.31. The van der Waals surface area contributed by atoms with E-state index in [1.807, 2.05) is 11.8 Å². The molecule has 3 rings (SSSR count). The van der Waals surface area contributed by atoms with Crippen molar-refractivity contribution >= 4 is 29.0 Å². The maximum absolute atomic E-state index is 12.6. The van der Waals surface area contributed by atoms with Crippen LogP contribution in [-0.2, 0) is 4.79 Å². The normalized spacial score (nSPS) is 28.2. The van der Waals surface area contributed by atoms with Gasteiger partial charge >= 0.3 is 0 Å². The van der Waals surface area contributed by atoms with Crippen LogP contribution in [0.5, 0.6) is 0 Å². The van der Waals surface area contributed by atoms with E-state index in [-0.39, 0.29) is 12.2 Å². The summed E-state index contributed by atoms with van der Waals surface area (Å²) in [5, 5.41) is 7.76. The zero-order valence-electron chi connectivity index (χ0n) is 11.9. The first-order chi connectivity index (χ1) is 9.79. The standard InChI is InChI=1S/C15H22N2OS2/c1-2-13-15(18)17(9-11-3-6-19-7-4-11)14(16-13)12-5-8-20-10-12/h5,8,10-11,13-14,16H,2-4,6-7,9H2,1H3. The minimum atomic E-state index is -0.00198. The van der Waals surface area contributed by atoms with Crippen molar-refractivity contribution < 1.29 is 4.79 Å². The van der Waals surface area contributed by atoms with Gasteiger partial charge in [0.25, 0.3) is 0 Å². The summed E-state index contributed by atoms with van der Waals surface area (Å²) in [6.45, 7) is 3.00. The Hall–Kier alpha value is -0.520. The van der Waals surface area contributed by atoms with Crippen molar-refractivity contribution in [1.29, 1.82) is 0 Å². The summed E-state index contributed by atoms with van der Waals surface area (Å²) in [5.74, 6) is 3.47. The molecule has 0 spiro atoms.